The van der Waals surface area contributed by atoms with Crippen molar-refractivity contribution in [1.29, 1.82) is 0 Å². The first kappa shape index (κ1) is 15.4. The molecule has 1 aromatic carbocycles. The van der Waals surface area contributed by atoms with E-state index < -0.39 is 5.97 Å². The van der Waals surface area contributed by atoms with Crippen LogP contribution in [-0.4, -0.2) is 27.8 Å². The molecule has 3 aromatic rings. The third-order valence-electron chi connectivity index (χ3n) is 3.19. The highest BCUT2D eigenvalue weighted by Crippen LogP contribution is 2.33. The maximum atomic E-state index is 11.4. The average molecular weight is 329 g/mol. The number of furan rings is 1. The summed E-state index contributed by atoms with van der Waals surface area (Å²) in [5.41, 5.74) is 0.950. The summed E-state index contributed by atoms with van der Waals surface area (Å²) in [4.78, 5) is 15.7. The summed E-state index contributed by atoms with van der Waals surface area (Å²) in [6.45, 7) is 1.97. The summed E-state index contributed by atoms with van der Waals surface area (Å²) in [6.07, 6.45) is 1.67. The number of carbonyl (C=O) groups excluding carboxylic acids is 1. The Morgan fingerprint density at radius 3 is 2.78 bits per heavy atom. The summed E-state index contributed by atoms with van der Waals surface area (Å²) in [6, 6.07) is 13.1. The van der Waals surface area contributed by atoms with Crippen molar-refractivity contribution >= 4 is 17.7 Å². The lowest BCUT2D eigenvalue weighted by atomic mass is 10.3. The number of hydrogen-bond acceptors (Lipinski definition) is 6. The molecule has 0 amide bonds. The van der Waals surface area contributed by atoms with Crippen molar-refractivity contribution in [2.24, 2.45) is 0 Å². The monoisotopic (exact) mass is 329 g/mol. The Morgan fingerprint density at radius 1 is 1.26 bits per heavy atom. The van der Waals surface area contributed by atoms with Gasteiger partial charge in [-0.05, 0) is 31.2 Å². The molecule has 7 heteroatoms. The van der Waals surface area contributed by atoms with Crippen LogP contribution < -0.4 is 0 Å². The highest BCUT2D eigenvalue weighted by atomic mass is 32.2. The molecular formula is C16H15N3O3S. The number of carbonyl (C=O) groups is 1. The van der Waals surface area contributed by atoms with Crippen molar-refractivity contribution in [3.8, 4) is 5.69 Å². The minimum atomic E-state index is -0.486. The maximum Gasteiger partial charge on any atom is 0.373 e. The Kier molecular flexibility index (Phi) is 4.47. The van der Waals surface area contributed by atoms with Crippen LogP contribution in [0.5, 0.6) is 0 Å². The molecule has 0 fully saturated rings. The van der Waals surface area contributed by atoms with E-state index in [1.807, 2.05) is 37.3 Å². The largest absolute Gasteiger partial charge is 0.463 e. The SMILES string of the molecule is COC(=O)c1ccc([C@@H](C)Sc2ncn(-c3ccccc3)n2)o1. The molecule has 0 bridgehead atoms. The topological polar surface area (TPSA) is 70.2 Å². The molecule has 0 saturated carbocycles. The fourth-order valence-electron chi connectivity index (χ4n) is 2.00. The van der Waals surface area contributed by atoms with Gasteiger partial charge in [0.05, 0.1) is 18.0 Å². The quantitative estimate of drug-likeness (QED) is 0.527. The predicted octanol–water partition coefficient (Wildman–Crippen LogP) is 3.50. The minimum Gasteiger partial charge on any atom is -0.463 e. The smallest absolute Gasteiger partial charge is 0.373 e. The highest BCUT2D eigenvalue weighted by molar-refractivity contribution is 7.99. The number of para-hydroxylation sites is 1. The Balaban J connectivity index is 1.71. The molecule has 3 rings (SSSR count). The van der Waals surface area contributed by atoms with Gasteiger partial charge < -0.3 is 9.15 Å². The summed E-state index contributed by atoms with van der Waals surface area (Å²) in [7, 11) is 1.32. The second-order valence-corrected chi connectivity index (χ2v) is 6.07. The number of benzene rings is 1. The van der Waals surface area contributed by atoms with E-state index in [2.05, 4.69) is 14.8 Å². The third kappa shape index (κ3) is 3.45. The van der Waals surface area contributed by atoms with Crippen LogP contribution in [0.1, 0.15) is 28.5 Å². The van der Waals surface area contributed by atoms with E-state index in [4.69, 9.17) is 4.42 Å². The molecule has 0 radical (unpaired) electrons. The molecule has 2 aromatic heterocycles. The number of ether oxygens (including phenoxy) is 1. The first-order valence-corrected chi connectivity index (χ1v) is 7.87. The molecule has 0 aliphatic rings. The van der Waals surface area contributed by atoms with Crippen LogP contribution in [0.2, 0.25) is 0 Å². The van der Waals surface area contributed by atoms with Gasteiger partial charge in [0.25, 0.3) is 0 Å². The van der Waals surface area contributed by atoms with Crippen LogP contribution in [-0.2, 0) is 4.74 Å². The van der Waals surface area contributed by atoms with Crippen LogP contribution in [0.25, 0.3) is 5.69 Å². The zero-order valence-corrected chi connectivity index (χ0v) is 13.5. The Bertz CT molecular complexity index is 798. The van der Waals surface area contributed by atoms with Crippen molar-refractivity contribution in [3.05, 3.63) is 60.3 Å². The van der Waals surface area contributed by atoms with Gasteiger partial charge in [-0.1, -0.05) is 30.0 Å². The highest BCUT2D eigenvalue weighted by Gasteiger charge is 2.18. The summed E-state index contributed by atoms with van der Waals surface area (Å²) < 4.78 is 11.9. The Hall–Kier alpha value is -2.54. The van der Waals surface area contributed by atoms with E-state index in [1.54, 1.807) is 23.1 Å². The van der Waals surface area contributed by atoms with Crippen LogP contribution in [0.15, 0.2) is 58.4 Å². The molecular weight excluding hydrogens is 314 g/mol. The summed E-state index contributed by atoms with van der Waals surface area (Å²) >= 11 is 1.46. The second kappa shape index (κ2) is 6.70. The van der Waals surface area contributed by atoms with E-state index in [9.17, 15) is 4.79 Å². The van der Waals surface area contributed by atoms with Gasteiger partial charge >= 0.3 is 5.97 Å². The van der Waals surface area contributed by atoms with Gasteiger partial charge in [-0.2, -0.15) is 0 Å². The van der Waals surface area contributed by atoms with Gasteiger partial charge in [0.15, 0.2) is 0 Å². The van der Waals surface area contributed by atoms with E-state index >= 15 is 0 Å². The van der Waals surface area contributed by atoms with Crippen LogP contribution in [0.4, 0.5) is 0 Å². The number of methoxy groups -OCH3 is 1. The number of esters is 1. The first-order chi connectivity index (χ1) is 11.2. The molecule has 0 aliphatic carbocycles. The van der Waals surface area contributed by atoms with E-state index in [0.717, 1.165) is 5.69 Å². The van der Waals surface area contributed by atoms with E-state index in [-0.39, 0.29) is 11.0 Å². The van der Waals surface area contributed by atoms with Crippen LogP contribution in [0, 0.1) is 0 Å². The molecule has 23 heavy (non-hydrogen) atoms. The molecule has 0 N–H and O–H groups in total. The Morgan fingerprint density at radius 2 is 2.04 bits per heavy atom. The number of nitrogens with zero attached hydrogens (tertiary/aromatic N) is 3. The van der Waals surface area contributed by atoms with Crippen molar-refractivity contribution < 1.29 is 13.9 Å². The van der Waals surface area contributed by atoms with Gasteiger partial charge in [0.2, 0.25) is 10.9 Å². The first-order valence-electron chi connectivity index (χ1n) is 6.99. The fourth-order valence-corrected chi connectivity index (χ4v) is 2.81. The number of hydrogen-bond donors (Lipinski definition) is 0. The number of thioether (sulfide) groups is 1. The molecule has 6 nitrogen and oxygen atoms in total. The molecule has 1 atom stereocenters. The molecule has 2 heterocycles. The van der Waals surface area contributed by atoms with Crippen molar-refractivity contribution in [2.45, 2.75) is 17.3 Å². The third-order valence-corrected chi connectivity index (χ3v) is 4.17. The van der Waals surface area contributed by atoms with Crippen LogP contribution in [0.3, 0.4) is 0 Å². The Labute approximate surface area is 137 Å². The molecule has 0 saturated heterocycles. The minimum absolute atomic E-state index is 0.0278. The number of aromatic nitrogens is 3. The summed E-state index contributed by atoms with van der Waals surface area (Å²) in [5, 5.41) is 5.05. The molecule has 118 valence electrons. The van der Waals surface area contributed by atoms with Gasteiger partial charge in [-0.25, -0.2) is 14.5 Å². The lowest BCUT2D eigenvalue weighted by molar-refractivity contribution is 0.0563. The summed E-state index contributed by atoms with van der Waals surface area (Å²) in [5.74, 6) is 0.379. The van der Waals surface area contributed by atoms with Crippen molar-refractivity contribution in [2.75, 3.05) is 7.11 Å². The lowest BCUT2D eigenvalue weighted by Gasteiger charge is -2.04. The molecule has 0 aliphatic heterocycles. The fraction of sp³-hybridized carbons (Fsp3) is 0.188. The van der Waals surface area contributed by atoms with Gasteiger partial charge in [0, 0.05) is 0 Å². The van der Waals surface area contributed by atoms with E-state index in [1.165, 1.54) is 18.9 Å². The standard InChI is InChI=1S/C16H15N3O3S/c1-11(13-8-9-14(22-13)15(20)21-2)23-16-17-10-19(18-16)12-6-4-3-5-7-12/h3-11H,1-2H3/t11-/m1/s1. The lowest BCUT2D eigenvalue weighted by Crippen LogP contribution is -1.98. The van der Waals surface area contributed by atoms with Gasteiger partial charge in [-0.3, -0.25) is 0 Å². The number of rotatable bonds is 5. The maximum absolute atomic E-state index is 11.4. The van der Waals surface area contributed by atoms with Crippen molar-refractivity contribution in [1.82, 2.24) is 14.8 Å². The van der Waals surface area contributed by atoms with Crippen molar-refractivity contribution in [3.63, 3.8) is 0 Å². The molecule has 0 spiro atoms. The normalized spacial score (nSPS) is 12.1. The van der Waals surface area contributed by atoms with E-state index in [0.29, 0.717) is 10.9 Å². The average Bonchev–Trinajstić information content (AvgIpc) is 3.24. The zero-order valence-electron chi connectivity index (χ0n) is 12.7. The predicted molar refractivity (Wildman–Crippen MR) is 85.7 cm³/mol. The van der Waals surface area contributed by atoms with Gasteiger partial charge in [0.1, 0.15) is 12.1 Å². The second-order valence-electron chi connectivity index (χ2n) is 4.76. The van der Waals surface area contributed by atoms with Crippen LogP contribution >= 0.6 is 11.8 Å². The molecule has 0 unspecified atom stereocenters. The zero-order chi connectivity index (χ0) is 16.2. The van der Waals surface area contributed by atoms with Gasteiger partial charge in [-0.15, -0.1) is 5.10 Å².